The Morgan fingerprint density at radius 3 is 2.81 bits per heavy atom. The van der Waals surface area contributed by atoms with Gasteiger partial charge in [0.05, 0.1) is 0 Å². The lowest BCUT2D eigenvalue weighted by atomic mass is 9.83. The van der Waals surface area contributed by atoms with Gasteiger partial charge in [-0.3, -0.25) is 4.90 Å². The molecule has 1 aliphatic heterocycles. The fourth-order valence-electron chi connectivity index (χ4n) is 2.92. The van der Waals surface area contributed by atoms with Crippen molar-refractivity contribution >= 4 is 0 Å². The second-order valence-corrected chi connectivity index (χ2v) is 4.92. The quantitative estimate of drug-likeness (QED) is 0.825. The highest BCUT2D eigenvalue weighted by Crippen LogP contribution is 2.35. The van der Waals surface area contributed by atoms with Crippen molar-refractivity contribution < 1.29 is 0 Å². The van der Waals surface area contributed by atoms with Gasteiger partial charge in [0.2, 0.25) is 0 Å². The molecule has 0 spiro atoms. The third kappa shape index (κ3) is 2.13. The molecule has 1 aliphatic rings. The summed E-state index contributed by atoms with van der Waals surface area (Å²) in [5.74, 6) is 0.611. The Balaban J connectivity index is 2.32. The monoisotopic (exact) mass is 218 g/mol. The van der Waals surface area contributed by atoms with Crippen LogP contribution < -0.4 is 5.73 Å². The molecule has 16 heavy (non-hydrogen) atoms. The predicted molar refractivity (Wildman–Crippen MR) is 68.3 cm³/mol. The Labute approximate surface area is 98.4 Å². The number of hydrogen-bond donors (Lipinski definition) is 1. The van der Waals surface area contributed by atoms with Crippen molar-refractivity contribution in [3.8, 4) is 0 Å². The maximum atomic E-state index is 5.92. The lowest BCUT2D eigenvalue weighted by Crippen LogP contribution is -2.39. The van der Waals surface area contributed by atoms with Crippen molar-refractivity contribution in [2.75, 3.05) is 20.1 Å². The normalized spacial score (nSPS) is 26.9. The molecule has 1 heterocycles. The van der Waals surface area contributed by atoms with Crippen molar-refractivity contribution in [1.82, 2.24) is 4.90 Å². The van der Waals surface area contributed by atoms with Gasteiger partial charge in [0.15, 0.2) is 0 Å². The first-order valence-corrected chi connectivity index (χ1v) is 6.20. The molecule has 1 aromatic rings. The Morgan fingerprint density at radius 2 is 2.12 bits per heavy atom. The van der Waals surface area contributed by atoms with Gasteiger partial charge >= 0.3 is 0 Å². The van der Waals surface area contributed by atoms with E-state index in [2.05, 4.69) is 43.1 Å². The van der Waals surface area contributed by atoms with Crippen LogP contribution in [-0.2, 0) is 0 Å². The molecule has 2 N–H and O–H groups in total. The van der Waals surface area contributed by atoms with Crippen LogP contribution in [0.25, 0.3) is 0 Å². The van der Waals surface area contributed by atoms with E-state index in [0.717, 1.165) is 6.54 Å². The van der Waals surface area contributed by atoms with E-state index in [-0.39, 0.29) is 0 Å². The number of piperidine rings is 1. The number of nitrogens with zero attached hydrogens (tertiary/aromatic N) is 1. The number of nitrogens with two attached hydrogens (primary N) is 1. The largest absolute Gasteiger partial charge is 0.330 e. The van der Waals surface area contributed by atoms with Crippen LogP contribution in [0.3, 0.4) is 0 Å². The van der Waals surface area contributed by atoms with Crippen LogP contribution in [0.5, 0.6) is 0 Å². The molecule has 0 bridgehead atoms. The summed E-state index contributed by atoms with van der Waals surface area (Å²) in [6, 6.07) is 9.22. The molecule has 0 unspecified atom stereocenters. The van der Waals surface area contributed by atoms with Crippen molar-refractivity contribution in [3.63, 3.8) is 0 Å². The van der Waals surface area contributed by atoms with E-state index in [1.807, 2.05) is 0 Å². The third-order valence-electron chi connectivity index (χ3n) is 3.82. The first-order valence-electron chi connectivity index (χ1n) is 6.20. The Hall–Kier alpha value is -0.860. The zero-order valence-electron chi connectivity index (χ0n) is 10.3. The summed E-state index contributed by atoms with van der Waals surface area (Å²) in [6.07, 6.45) is 2.54. The lowest BCUT2D eigenvalue weighted by Gasteiger charge is -2.39. The fraction of sp³-hybridized carbons (Fsp3) is 0.571. The van der Waals surface area contributed by atoms with E-state index < -0.39 is 0 Å². The minimum atomic E-state index is 0.514. The van der Waals surface area contributed by atoms with Crippen LogP contribution in [0, 0.1) is 12.8 Å². The Morgan fingerprint density at radius 1 is 1.38 bits per heavy atom. The SMILES string of the molecule is Cc1ccccc1[C@@H]1[C@@H](CN)CCCN1C. The second kappa shape index (κ2) is 4.98. The minimum Gasteiger partial charge on any atom is -0.330 e. The molecule has 1 fully saturated rings. The van der Waals surface area contributed by atoms with Gasteiger partial charge in [-0.05, 0) is 56.9 Å². The number of benzene rings is 1. The van der Waals surface area contributed by atoms with Gasteiger partial charge in [0.1, 0.15) is 0 Å². The molecule has 1 saturated heterocycles. The fourth-order valence-corrected chi connectivity index (χ4v) is 2.92. The maximum Gasteiger partial charge on any atom is 0.0387 e. The average Bonchev–Trinajstić information content (AvgIpc) is 2.30. The summed E-state index contributed by atoms with van der Waals surface area (Å²) in [5, 5.41) is 0. The highest BCUT2D eigenvalue weighted by atomic mass is 15.1. The summed E-state index contributed by atoms with van der Waals surface area (Å²) in [6.45, 7) is 4.18. The van der Waals surface area contributed by atoms with Gasteiger partial charge in [-0.15, -0.1) is 0 Å². The zero-order valence-corrected chi connectivity index (χ0v) is 10.3. The van der Waals surface area contributed by atoms with Crippen LogP contribution >= 0.6 is 0 Å². The smallest absolute Gasteiger partial charge is 0.0387 e. The summed E-state index contributed by atoms with van der Waals surface area (Å²) < 4.78 is 0. The van der Waals surface area contributed by atoms with Crippen LogP contribution in [0.15, 0.2) is 24.3 Å². The highest BCUT2D eigenvalue weighted by Gasteiger charge is 2.30. The number of rotatable bonds is 2. The van der Waals surface area contributed by atoms with E-state index >= 15 is 0 Å². The molecular weight excluding hydrogens is 196 g/mol. The maximum absolute atomic E-state index is 5.92. The predicted octanol–water partition coefficient (Wildman–Crippen LogP) is 2.34. The molecule has 0 radical (unpaired) electrons. The number of hydrogen-bond acceptors (Lipinski definition) is 2. The van der Waals surface area contributed by atoms with Gasteiger partial charge in [0.25, 0.3) is 0 Å². The summed E-state index contributed by atoms with van der Waals surface area (Å²) >= 11 is 0. The molecule has 2 rings (SSSR count). The van der Waals surface area contributed by atoms with Crippen LogP contribution in [0.2, 0.25) is 0 Å². The molecule has 0 aliphatic carbocycles. The van der Waals surface area contributed by atoms with E-state index in [1.165, 1.54) is 30.5 Å². The van der Waals surface area contributed by atoms with Crippen LogP contribution in [-0.4, -0.2) is 25.0 Å². The number of likely N-dealkylation sites (tertiary alicyclic amines) is 1. The van der Waals surface area contributed by atoms with Gasteiger partial charge in [-0.25, -0.2) is 0 Å². The van der Waals surface area contributed by atoms with Gasteiger partial charge < -0.3 is 5.73 Å². The van der Waals surface area contributed by atoms with Crippen molar-refractivity contribution in [2.45, 2.75) is 25.8 Å². The highest BCUT2D eigenvalue weighted by molar-refractivity contribution is 5.29. The average molecular weight is 218 g/mol. The zero-order chi connectivity index (χ0) is 11.5. The molecule has 0 aromatic heterocycles. The minimum absolute atomic E-state index is 0.514. The van der Waals surface area contributed by atoms with Crippen molar-refractivity contribution in [3.05, 3.63) is 35.4 Å². The summed E-state index contributed by atoms with van der Waals surface area (Å²) in [4.78, 5) is 2.46. The Kier molecular flexibility index (Phi) is 3.62. The molecule has 2 heteroatoms. The first kappa shape index (κ1) is 11.6. The molecular formula is C14H22N2. The van der Waals surface area contributed by atoms with Gasteiger partial charge in [-0.1, -0.05) is 24.3 Å². The number of aryl methyl sites for hydroxylation is 1. The van der Waals surface area contributed by atoms with E-state index in [4.69, 9.17) is 5.73 Å². The molecule has 1 aromatic carbocycles. The van der Waals surface area contributed by atoms with Crippen molar-refractivity contribution in [1.29, 1.82) is 0 Å². The molecule has 2 atom stereocenters. The van der Waals surface area contributed by atoms with E-state index in [0.29, 0.717) is 12.0 Å². The van der Waals surface area contributed by atoms with Crippen LogP contribution in [0.4, 0.5) is 0 Å². The standard InChI is InChI=1S/C14H22N2/c1-11-6-3-4-8-13(11)14-12(10-15)7-5-9-16(14)2/h3-4,6,8,12,14H,5,7,9-10,15H2,1-2H3/t12-,14+/m1/s1. The van der Waals surface area contributed by atoms with E-state index in [1.54, 1.807) is 0 Å². The molecule has 0 amide bonds. The van der Waals surface area contributed by atoms with Crippen LogP contribution in [0.1, 0.15) is 30.0 Å². The summed E-state index contributed by atoms with van der Waals surface area (Å²) in [5.41, 5.74) is 8.76. The second-order valence-electron chi connectivity index (χ2n) is 4.92. The summed E-state index contributed by atoms with van der Waals surface area (Å²) in [7, 11) is 2.22. The first-order chi connectivity index (χ1) is 7.74. The molecule has 2 nitrogen and oxygen atoms in total. The topological polar surface area (TPSA) is 29.3 Å². The third-order valence-corrected chi connectivity index (χ3v) is 3.82. The molecule has 0 saturated carbocycles. The Bertz CT molecular complexity index is 348. The van der Waals surface area contributed by atoms with E-state index in [9.17, 15) is 0 Å². The lowest BCUT2D eigenvalue weighted by molar-refractivity contribution is 0.125. The van der Waals surface area contributed by atoms with Gasteiger partial charge in [-0.2, -0.15) is 0 Å². The van der Waals surface area contributed by atoms with Crippen molar-refractivity contribution in [2.24, 2.45) is 11.7 Å². The molecule has 88 valence electrons. The van der Waals surface area contributed by atoms with Gasteiger partial charge in [0, 0.05) is 6.04 Å².